The monoisotopic (exact) mass is 177 g/mol. The number of benzene rings is 1. The lowest BCUT2D eigenvalue weighted by Gasteiger charge is -1.96. The van der Waals surface area contributed by atoms with Crippen LogP contribution in [-0.4, -0.2) is 11.9 Å². The van der Waals surface area contributed by atoms with Gasteiger partial charge in [0.05, 0.1) is 0 Å². The van der Waals surface area contributed by atoms with Gasteiger partial charge in [0, 0.05) is 11.9 Å². The SMILES string of the molecule is CN/C=C\C(=S)c1ccccc1. The molecule has 0 saturated heterocycles. The molecule has 0 saturated carbocycles. The predicted octanol–water partition coefficient (Wildman–Crippen LogP) is 2.14. The Labute approximate surface area is 78.1 Å². The summed E-state index contributed by atoms with van der Waals surface area (Å²) in [5, 5.41) is 2.90. The molecule has 0 heterocycles. The largest absolute Gasteiger partial charge is 0.394 e. The Morgan fingerprint density at radius 1 is 1.33 bits per heavy atom. The molecule has 0 fully saturated rings. The fourth-order valence-corrected chi connectivity index (χ4v) is 1.06. The minimum absolute atomic E-state index is 0.852. The van der Waals surface area contributed by atoms with Crippen molar-refractivity contribution in [3.8, 4) is 0 Å². The average molecular weight is 177 g/mol. The van der Waals surface area contributed by atoms with Gasteiger partial charge in [-0.2, -0.15) is 0 Å². The summed E-state index contributed by atoms with van der Waals surface area (Å²) in [6.45, 7) is 0. The van der Waals surface area contributed by atoms with E-state index in [1.807, 2.05) is 49.7 Å². The van der Waals surface area contributed by atoms with Gasteiger partial charge >= 0.3 is 0 Å². The van der Waals surface area contributed by atoms with E-state index in [9.17, 15) is 0 Å². The molecule has 0 aromatic heterocycles. The van der Waals surface area contributed by atoms with Crippen LogP contribution in [-0.2, 0) is 0 Å². The van der Waals surface area contributed by atoms with Gasteiger partial charge in [-0.1, -0.05) is 42.5 Å². The zero-order valence-corrected chi connectivity index (χ0v) is 7.77. The minimum atomic E-state index is 0.852. The van der Waals surface area contributed by atoms with Crippen molar-refractivity contribution in [2.45, 2.75) is 0 Å². The van der Waals surface area contributed by atoms with E-state index in [-0.39, 0.29) is 0 Å². The van der Waals surface area contributed by atoms with Gasteiger partial charge in [-0.05, 0) is 17.8 Å². The zero-order valence-electron chi connectivity index (χ0n) is 6.95. The lowest BCUT2D eigenvalue weighted by molar-refractivity contribution is 1.11. The first-order valence-corrected chi connectivity index (χ1v) is 4.18. The van der Waals surface area contributed by atoms with Crippen molar-refractivity contribution in [1.82, 2.24) is 5.32 Å². The molecule has 0 amide bonds. The molecular weight excluding hydrogens is 166 g/mol. The van der Waals surface area contributed by atoms with Crippen LogP contribution in [0.25, 0.3) is 0 Å². The number of thiocarbonyl (C=S) groups is 1. The number of hydrogen-bond acceptors (Lipinski definition) is 2. The van der Waals surface area contributed by atoms with E-state index >= 15 is 0 Å². The Morgan fingerprint density at radius 3 is 2.58 bits per heavy atom. The normalized spacial score (nSPS) is 10.1. The van der Waals surface area contributed by atoms with Crippen LogP contribution in [0, 0.1) is 0 Å². The van der Waals surface area contributed by atoms with Crippen molar-refractivity contribution in [1.29, 1.82) is 0 Å². The highest BCUT2D eigenvalue weighted by atomic mass is 32.1. The second-order valence-corrected chi connectivity index (χ2v) is 2.79. The van der Waals surface area contributed by atoms with Crippen LogP contribution in [0.2, 0.25) is 0 Å². The van der Waals surface area contributed by atoms with Crippen LogP contribution in [0.3, 0.4) is 0 Å². The topological polar surface area (TPSA) is 12.0 Å². The van der Waals surface area contributed by atoms with Crippen LogP contribution < -0.4 is 5.32 Å². The number of hydrogen-bond donors (Lipinski definition) is 1. The van der Waals surface area contributed by atoms with Gasteiger partial charge in [-0.3, -0.25) is 0 Å². The first-order valence-electron chi connectivity index (χ1n) is 3.78. The molecule has 0 unspecified atom stereocenters. The van der Waals surface area contributed by atoms with E-state index in [2.05, 4.69) is 5.32 Å². The van der Waals surface area contributed by atoms with Crippen molar-refractivity contribution >= 4 is 17.1 Å². The summed E-state index contributed by atoms with van der Waals surface area (Å²) in [6.07, 6.45) is 3.71. The molecule has 1 N–H and O–H groups in total. The van der Waals surface area contributed by atoms with Crippen LogP contribution >= 0.6 is 12.2 Å². The lowest BCUT2D eigenvalue weighted by atomic mass is 10.1. The molecule has 2 heteroatoms. The molecule has 1 aromatic carbocycles. The molecule has 1 nitrogen and oxygen atoms in total. The highest BCUT2D eigenvalue weighted by molar-refractivity contribution is 7.81. The number of allylic oxidation sites excluding steroid dienone is 1. The van der Waals surface area contributed by atoms with Gasteiger partial charge in [-0.25, -0.2) is 0 Å². The Hall–Kier alpha value is -1.15. The summed E-state index contributed by atoms with van der Waals surface area (Å²) < 4.78 is 0. The third-order valence-corrected chi connectivity index (χ3v) is 1.83. The van der Waals surface area contributed by atoms with Gasteiger partial charge in [0.25, 0.3) is 0 Å². The number of rotatable bonds is 3. The van der Waals surface area contributed by atoms with Crippen LogP contribution in [0.4, 0.5) is 0 Å². The summed E-state index contributed by atoms with van der Waals surface area (Å²) >= 11 is 5.16. The summed E-state index contributed by atoms with van der Waals surface area (Å²) in [5.74, 6) is 0. The van der Waals surface area contributed by atoms with Gasteiger partial charge in [-0.15, -0.1) is 0 Å². The summed E-state index contributed by atoms with van der Waals surface area (Å²) in [5.41, 5.74) is 1.08. The third-order valence-electron chi connectivity index (χ3n) is 1.46. The molecule has 1 rings (SSSR count). The van der Waals surface area contributed by atoms with Crippen molar-refractivity contribution in [2.75, 3.05) is 7.05 Å². The molecular formula is C10H11NS. The van der Waals surface area contributed by atoms with E-state index in [4.69, 9.17) is 12.2 Å². The summed E-state index contributed by atoms with van der Waals surface area (Å²) in [6, 6.07) is 9.95. The molecule has 62 valence electrons. The van der Waals surface area contributed by atoms with Crippen molar-refractivity contribution in [3.05, 3.63) is 48.2 Å². The fraction of sp³-hybridized carbons (Fsp3) is 0.100. The van der Waals surface area contributed by atoms with E-state index in [0.29, 0.717) is 0 Å². The Balaban J connectivity index is 2.72. The molecule has 0 spiro atoms. The zero-order chi connectivity index (χ0) is 8.81. The van der Waals surface area contributed by atoms with Gasteiger partial charge in [0.1, 0.15) is 0 Å². The standard InChI is InChI=1S/C10H11NS/c1-11-8-7-10(12)9-5-3-2-4-6-9/h2-8,11H,1H3/b8-7-. The van der Waals surface area contributed by atoms with Crippen molar-refractivity contribution < 1.29 is 0 Å². The molecule has 0 aliphatic rings. The molecule has 0 bridgehead atoms. The summed E-state index contributed by atoms with van der Waals surface area (Å²) in [7, 11) is 1.85. The van der Waals surface area contributed by atoms with Crippen LogP contribution in [0.15, 0.2) is 42.6 Å². The maximum Gasteiger partial charge on any atom is 0.0463 e. The smallest absolute Gasteiger partial charge is 0.0463 e. The van der Waals surface area contributed by atoms with Gasteiger partial charge in [0.2, 0.25) is 0 Å². The van der Waals surface area contributed by atoms with Crippen molar-refractivity contribution in [2.24, 2.45) is 0 Å². The predicted molar refractivity (Wildman–Crippen MR) is 56.3 cm³/mol. The third kappa shape index (κ3) is 2.47. The second kappa shape index (κ2) is 4.67. The summed E-state index contributed by atoms with van der Waals surface area (Å²) in [4.78, 5) is 0.852. The van der Waals surface area contributed by atoms with E-state index in [0.717, 1.165) is 10.4 Å². The Morgan fingerprint density at radius 2 is 2.00 bits per heavy atom. The lowest BCUT2D eigenvalue weighted by Crippen LogP contribution is -1.96. The molecule has 1 aromatic rings. The molecule has 0 aliphatic carbocycles. The molecule has 0 radical (unpaired) electrons. The van der Waals surface area contributed by atoms with E-state index in [1.165, 1.54) is 0 Å². The first-order chi connectivity index (χ1) is 5.84. The first kappa shape index (κ1) is 8.94. The average Bonchev–Trinajstić information content (AvgIpc) is 2.15. The van der Waals surface area contributed by atoms with Crippen LogP contribution in [0.1, 0.15) is 5.56 Å². The highest BCUT2D eigenvalue weighted by Crippen LogP contribution is 2.01. The quantitative estimate of drug-likeness (QED) is 0.431. The fourth-order valence-electron chi connectivity index (χ4n) is 0.858. The molecule has 0 aliphatic heterocycles. The van der Waals surface area contributed by atoms with Crippen LogP contribution in [0.5, 0.6) is 0 Å². The molecule has 0 atom stereocenters. The maximum absolute atomic E-state index is 5.16. The van der Waals surface area contributed by atoms with E-state index < -0.39 is 0 Å². The second-order valence-electron chi connectivity index (χ2n) is 2.35. The Bertz CT molecular complexity index is 277. The maximum atomic E-state index is 5.16. The van der Waals surface area contributed by atoms with Crippen molar-refractivity contribution in [3.63, 3.8) is 0 Å². The van der Waals surface area contributed by atoms with Gasteiger partial charge < -0.3 is 5.32 Å². The van der Waals surface area contributed by atoms with Gasteiger partial charge in [0.15, 0.2) is 0 Å². The number of nitrogens with one attached hydrogen (secondary N) is 1. The highest BCUT2D eigenvalue weighted by Gasteiger charge is 1.92. The van der Waals surface area contributed by atoms with E-state index in [1.54, 1.807) is 0 Å². The molecule has 12 heavy (non-hydrogen) atoms. The minimum Gasteiger partial charge on any atom is -0.394 e. The Kier molecular flexibility index (Phi) is 3.48.